The Kier molecular flexibility index (Phi) is 8.26. The number of carboxylic acids is 1. The Morgan fingerprint density at radius 3 is 2.47 bits per heavy atom. The molecule has 0 spiro atoms. The first kappa shape index (κ1) is 26.6. The predicted octanol–water partition coefficient (Wildman–Crippen LogP) is 4.53. The molecule has 9 nitrogen and oxygen atoms in total. The van der Waals surface area contributed by atoms with Crippen LogP contribution in [0.15, 0.2) is 47.3 Å². The third kappa shape index (κ3) is 5.80. The average Bonchev–Trinajstić information content (AvgIpc) is 2.84. The lowest BCUT2D eigenvalue weighted by Gasteiger charge is -2.21. The molecule has 2 amide bonds. The smallest absolute Gasteiger partial charge is 0.319 e. The maximum Gasteiger partial charge on any atom is 0.319 e. The van der Waals surface area contributed by atoms with E-state index in [9.17, 15) is 24.6 Å². The predicted molar refractivity (Wildman–Crippen MR) is 137 cm³/mol. The number of aromatic nitrogens is 1. The number of pyridine rings is 1. The van der Waals surface area contributed by atoms with E-state index in [0.717, 1.165) is 5.56 Å². The molecule has 0 fully saturated rings. The summed E-state index contributed by atoms with van der Waals surface area (Å²) in [6.07, 6.45) is -0.407. The van der Waals surface area contributed by atoms with Crippen molar-refractivity contribution in [2.24, 2.45) is 0 Å². The van der Waals surface area contributed by atoms with E-state index in [1.54, 1.807) is 56.3 Å². The first-order valence-corrected chi connectivity index (χ1v) is 11.5. The molecule has 1 heterocycles. The van der Waals surface area contributed by atoms with Crippen molar-refractivity contribution in [1.82, 2.24) is 9.88 Å². The first-order chi connectivity index (χ1) is 17.0. The Morgan fingerprint density at radius 2 is 1.83 bits per heavy atom. The zero-order valence-corrected chi connectivity index (χ0v) is 21.1. The molecule has 0 unspecified atom stereocenters. The van der Waals surface area contributed by atoms with Crippen molar-refractivity contribution in [3.05, 3.63) is 85.8 Å². The summed E-state index contributed by atoms with van der Waals surface area (Å²) in [4.78, 5) is 37.6. The maximum absolute atomic E-state index is 13.3. The number of benzene rings is 2. The summed E-state index contributed by atoms with van der Waals surface area (Å²) in [7, 11) is 1.49. The van der Waals surface area contributed by atoms with Gasteiger partial charge >= 0.3 is 12.0 Å². The van der Waals surface area contributed by atoms with Crippen LogP contribution in [0.2, 0.25) is 5.02 Å². The Hall–Kier alpha value is -3.98. The number of carboxylic acid groups (broad SMARTS) is 1. The summed E-state index contributed by atoms with van der Waals surface area (Å²) < 4.78 is 6.71. The van der Waals surface area contributed by atoms with E-state index in [0.29, 0.717) is 33.2 Å². The van der Waals surface area contributed by atoms with Gasteiger partial charge in [0.05, 0.1) is 26.1 Å². The molecule has 0 bridgehead atoms. The second-order valence-corrected chi connectivity index (χ2v) is 8.80. The monoisotopic (exact) mass is 513 g/mol. The van der Waals surface area contributed by atoms with Gasteiger partial charge in [0.25, 0.3) is 5.56 Å². The summed E-state index contributed by atoms with van der Waals surface area (Å²) in [6.45, 7) is 5.28. The van der Waals surface area contributed by atoms with E-state index in [-0.39, 0.29) is 18.0 Å². The number of carbonyl (C=O) groups excluding carboxylic acids is 1. The maximum atomic E-state index is 13.3. The number of nitrogens with zero attached hydrogens (tertiary/aromatic N) is 1. The molecule has 0 aliphatic heterocycles. The van der Waals surface area contributed by atoms with Crippen molar-refractivity contribution in [3.63, 3.8) is 0 Å². The Bertz CT molecular complexity index is 1370. The topological polar surface area (TPSA) is 130 Å². The van der Waals surface area contributed by atoms with Crippen molar-refractivity contribution >= 4 is 29.3 Å². The number of amides is 2. The summed E-state index contributed by atoms with van der Waals surface area (Å²) in [5.74, 6) is -0.954. The first-order valence-electron chi connectivity index (χ1n) is 11.1. The van der Waals surface area contributed by atoms with Crippen molar-refractivity contribution < 1.29 is 24.5 Å². The van der Waals surface area contributed by atoms with Crippen molar-refractivity contribution in [1.29, 1.82) is 0 Å². The number of carbonyl (C=O) groups is 2. The van der Waals surface area contributed by atoms with Crippen LogP contribution in [-0.2, 0) is 11.3 Å². The minimum Gasteiger partial charge on any atom is -0.505 e. The van der Waals surface area contributed by atoms with E-state index in [2.05, 4.69) is 10.6 Å². The molecular formula is C26H28ClN3O6. The fraction of sp³-hybridized carbons (Fsp3) is 0.269. The quantitative estimate of drug-likeness (QED) is 0.350. The molecule has 10 heteroatoms. The van der Waals surface area contributed by atoms with Crippen LogP contribution in [0.4, 0.5) is 10.5 Å². The van der Waals surface area contributed by atoms with E-state index >= 15 is 0 Å². The average molecular weight is 514 g/mol. The zero-order valence-electron chi connectivity index (χ0n) is 20.4. The van der Waals surface area contributed by atoms with Gasteiger partial charge in [-0.25, -0.2) is 4.79 Å². The highest BCUT2D eigenvalue weighted by atomic mass is 35.5. The minimum absolute atomic E-state index is 0.132. The Morgan fingerprint density at radius 1 is 1.14 bits per heavy atom. The molecule has 3 aromatic rings. The fourth-order valence-corrected chi connectivity index (χ4v) is 4.03. The zero-order chi connectivity index (χ0) is 26.6. The molecule has 0 saturated carbocycles. The molecule has 1 aromatic heterocycles. The lowest BCUT2D eigenvalue weighted by Crippen LogP contribution is -2.36. The number of anilines is 1. The third-order valence-corrected chi connectivity index (χ3v) is 6.41. The number of hydrogen-bond donors (Lipinski definition) is 4. The van der Waals surface area contributed by atoms with Gasteiger partial charge in [-0.2, -0.15) is 0 Å². The van der Waals surface area contributed by atoms with Gasteiger partial charge in [-0.15, -0.1) is 0 Å². The molecule has 36 heavy (non-hydrogen) atoms. The number of aryl methyl sites for hydroxylation is 1. The third-order valence-electron chi connectivity index (χ3n) is 6.04. The molecule has 0 aliphatic rings. The van der Waals surface area contributed by atoms with Crippen molar-refractivity contribution in [2.75, 3.05) is 12.4 Å². The number of nitrogens with one attached hydrogen (secondary N) is 2. The largest absolute Gasteiger partial charge is 0.505 e. The number of aromatic hydroxyl groups is 1. The standard InChI is InChI=1S/C26H28ClN3O6/c1-14-9-10-17(11-21(14)36-4)20(12-22(31)32)28-26(35)29-23-24(33)15(2)16(3)30(25(23)34)13-18-7-5-6-8-19(18)27/h5-11,20,33H,12-13H2,1-4H3,(H,31,32)(H2,28,29,35)/t20-/m0/s1. The van der Waals surface area contributed by atoms with Gasteiger partial charge in [0.2, 0.25) is 0 Å². The highest BCUT2D eigenvalue weighted by molar-refractivity contribution is 6.31. The number of halogens is 1. The number of ether oxygens (including phenoxy) is 1. The van der Waals surface area contributed by atoms with E-state index in [1.165, 1.54) is 11.7 Å². The van der Waals surface area contributed by atoms with Gasteiger partial charge < -0.3 is 30.2 Å². The number of urea groups is 1. The number of hydrogen-bond acceptors (Lipinski definition) is 5. The van der Waals surface area contributed by atoms with Crippen LogP contribution in [0.3, 0.4) is 0 Å². The minimum atomic E-state index is -1.13. The van der Waals surface area contributed by atoms with E-state index in [4.69, 9.17) is 16.3 Å². The van der Waals surface area contributed by atoms with Crippen LogP contribution in [0.25, 0.3) is 0 Å². The van der Waals surface area contributed by atoms with Gasteiger partial charge in [0.1, 0.15) is 11.5 Å². The Balaban J connectivity index is 1.93. The lowest BCUT2D eigenvalue weighted by atomic mass is 10.0. The van der Waals surface area contributed by atoms with Crippen LogP contribution in [0.5, 0.6) is 11.5 Å². The Labute approximate surface area is 213 Å². The van der Waals surface area contributed by atoms with E-state index in [1.807, 2.05) is 6.92 Å². The molecule has 1 atom stereocenters. The molecule has 0 saturated heterocycles. The van der Waals surface area contributed by atoms with Crippen LogP contribution in [-0.4, -0.2) is 33.9 Å². The highest BCUT2D eigenvalue weighted by Gasteiger charge is 2.23. The lowest BCUT2D eigenvalue weighted by molar-refractivity contribution is -0.137. The van der Waals surface area contributed by atoms with Crippen LogP contribution >= 0.6 is 11.6 Å². The second kappa shape index (κ2) is 11.2. The number of methoxy groups -OCH3 is 1. The summed E-state index contributed by atoms with van der Waals surface area (Å²) in [6, 6.07) is 10.4. The molecule has 3 rings (SSSR count). The summed E-state index contributed by atoms with van der Waals surface area (Å²) in [5, 5.41) is 25.5. The van der Waals surface area contributed by atoms with Gasteiger partial charge in [-0.05, 0) is 49.6 Å². The van der Waals surface area contributed by atoms with Crippen LogP contribution in [0.1, 0.15) is 40.4 Å². The molecular weight excluding hydrogens is 486 g/mol. The summed E-state index contributed by atoms with van der Waals surface area (Å²) >= 11 is 6.26. The van der Waals surface area contributed by atoms with Crippen LogP contribution in [0, 0.1) is 20.8 Å². The van der Waals surface area contributed by atoms with E-state index < -0.39 is 30.0 Å². The van der Waals surface area contributed by atoms with Crippen LogP contribution < -0.4 is 20.9 Å². The molecule has 190 valence electrons. The van der Waals surface area contributed by atoms with Gasteiger partial charge in [0.15, 0.2) is 5.69 Å². The highest BCUT2D eigenvalue weighted by Crippen LogP contribution is 2.28. The number of rotatable bonds is 8. The van der Waals surface area contributed by atoms with Crippen molar-refractivity contribution in [2.45, 2.75) is 39.8 Å². The molecule has 4 N–H and O–H groups in total. The molecule has 0 aliphatic carbocycles. The van der Waals surface area contributed by atoms with Gasteiger partial charge in [-0.1, -0.05) is 41.9 Å². The SMILES string of the molecule is COc1cc([C@H](CC(=O)O)NC(=O)Nc2c(O)c(C)c(C)n(Cc3ccccc3Cl)c2=O)ccc1C. The summed E-state index contributed by atoms with van der Waals surface area (Å²) in [5.41, 5.74) is 2.02. The van der Waals surface area contributed by atoms with Gasteiger partial charge in [0, 0.05) is 16.3 Å². The second-order valence-electron chi connectivity index (χ2n) is 8.39. The van der Waals surface area contributed by atoms with Gasteiger partial charge in [-0.3, -0.25) is 9.59 Å². The fourth-order valence-electron chi connectivity index (χ4n) is 3.84. The molecule has 0 radical (unpaired) electrons. The van der Waals surface area contributed by atoms with Crippen molar-refractivity contribution in [3.8, 4) is 11.5 Å². The number of aliphatic carboxylic acids is 1. The normalized spacial score (nSPS) is 11.6. The molecule has 2 aromatic carbocycles.